The first-order chi connectivity index (χ1) is 20.9. The molecule has 5 heterocycles. The lowest BCUT2D eigenvalue weighted by molar-refractivity contribution is 0.0717. The van der Waals surface area contributed by atoms with Crippen LogP contribution in [0.4, 0.5) is 10.5 Å². The summed E-state index contributed by atoms with van der Waals surface area (Å²) < 4.78 is 16.0. The van der Waals surface area contributed by atoms with Gasteiger partial charge in [-0.1, -0.05) is 30.3 Å². The van der Waals surface area contributed by atoms with Gasteiger partial charge in [-0.15, -0.1) is 0 Å². The van der Waals surface area contributed by atoms with E-state index in [9.17, 15) is 4.79 Å². The van der Waals surface area contributed by atoms with Crippen LogP contribution < -0.4 is 9.64 Å². The number of amides is 1. The summed E-state index contributed by atoms with van der Waals surface area (Å²) in [4.78, 5) is 27.0. The molecule has 0 radical (unpaired) electrons. The SMILES string of the molecule is Cc1nc(-c2cn3c(n2)-c2ccc(N4CC[C@@H]4C4CCCN(C(=O)OCc5ccccc5)C4)cc2OCC3)n(C(C)C)n1. The molecule has 0 bridgehead atoms. The summed E-state index contributed by atoms with van der Waals surface area (Å²) in [6.45, 7) is 10.2. The number of ether oxygens (including phenoxy) is 2. The van der Waals surface area contributed by atoms with E-state index < -0.39 is 0 Å². The molecule has 2 fully saturated rings. The Labute approximate surface area is 252 Å². The van der Waals surface area contributed by atoms with Gasteiger partial charge in [-0.2, -0.15) is 5.10 Å². The van der Waals surface area contributed by atoms with Gasteiger partial charge < -0.3 is 23.8 Å². The van der Waals surface area contributed by atoms with Gasteiger partial charge in [0.1, 0.15) is 36.3 Å². The highest BCUT2D eigenvalue weighted by Gasteiger charge is 2.39. The molecule has 7 rings (SSSR count). The van der Waals surface area contributed by atoms with Crippen LogP contribution in [0.3, 0.4) is 0 Å². The smallest absolute Gasteiger partial charge is 0.410 e. The average molecular weight is 582 g/mol. The second kappa shape index (κ2) is 11.4. The van der Waals surface area contributed by atoms with Gasteiger partial charge in [0.05, 0.1) is 12.1 Å². The van der Waals surface area contributed by atoms with Crippen molar-refractivity contribution in [3.05, 3.63) is 66.1 Å². The third-order valence-corrected chi connectivity index (χ3v) is 8.89. The van der Waals surface area contributed by atoms with Crippen LogP contribution in [0.15, 0.2) is 54.7 Å². The van der Waals surface area contributed by atoms with Crippen LogP contribution in [0.25, 0.3) is 22.9 Å². The van der Waals surface area contributed by atoms with Gasteiger partial charge >= 0.3 is 6.09 Å². The molecule has 3 aliphatic heterocycles. The van der Waals surface area contributed by atoms with Crippen molar-refractivity contribution in [2.24, 2.45) is 5.92 Å². The Balaban J connectivity index is 1.06. The van der Waals surface area contributed by atoms with Gasteiger partial charge in [-0.25, -0.2) is 19.4 Å². The quantitative estimate of drug-likeness (QED) is 0.288. The van der Waals surface area contributed by atoms with E-state index in [1.165, 1.54) is 0 Å². The lowest BCUT2D eigenvalue weighted by Gasteiger charge is -2.49. The first kappa shape index (κ1) is 27.5. The molecule has 0 saturated carbocycles. The summed E-state index contributed by atoms with van der Waals surface area (Å²) in [6.07, 6.45) is 5.09. The monoisotopic (exact) mass is 581 g/mol. The van der Waals surface area contributed by atoms with Crippen molar-refractivity contribution in [2.75, 3.05) is 31.1 Å². The number of carbonyl (C=O) groups excluding carboxylic acids is 1. The van der Waals surface area contributed by atoms with Gasteiger partial charge in [0.2, 0.25) is 0 Å². The van der Waals surface area contributed by atoms with Crippen molar-refractivity contribution < 1.29 is 14.3 Å². The molecule has 1 unspecified atom stereocenters. The molecule has 10 heteroatoms. The highest BCUT2D eigenvalue weighted by atomic mass is 16.6. The minimum absolute atomic E-state index is 0.191. The normalized spacial score (nSPS) is 19.7. The topological polar surface area (TPSA) is 90.5 Å². The Morgan fingerprint density at radius 1 is 1.05 bits per heavy atom. The van der Waals surface area contributed by atoms with E-state index in [0.29, 0.717) is 31.7 Å². The number of rotatable bonds is 6. The second-order valence-electron chi connectivity index (χ2n) is 12.1. The number of hydrogen-bond acceptors (Lipinski definition) is 7. The molecular formula is C33H39N7O3. The minimum Gasteiger partial charge on any atom is -0.491 e. The summed E-state index contributed by atoms with van der Waals surface area (Å²) >= 11 is 0. The van der Waals surface area contributed by atoms with Crippen molar-refractivity contribution in [3.8, 4) is 28.7 Å². The number of anilines is 1. The van der Waals surface area contributed by atoms with E-state index >= 15 is 0 Å². The van der Waals surface area contributed by atoms with Crippen molar-refractivity contribution in [3.63, 3.8) is 0 Å². The van der Waals surface area contributed by atoms with Crippen LogP contribution in [0.5, 0.6) is 5.75 Å². The van der Waals surface area contributed by atoms with Crippen molar-refractivity contribution >= 4 is 11.8 Å². The largest absolute Gasteiger partial charge is 0.491 e. The molecule has 2 aromatic carbocycles. The number of nitrogens with zero attached hydrogens (tertiary/aromatic N) is 7. The van der Waals surface area contributed by atoms with E-state index in [2.05, 4.69) is 57.8 Å². The first-order valence-electron chi connectivity index (χ1n) is 15.4. The third-order valence-electron chi connectivity index (χ3n) is 8.89. The minimum atomic E-state index is -0.213. The van der Waals surface area contributed by atoms with Gasteiger partial charge in [0.25, 0.3) is 0 Å². The van der Waals surface area contributed by atoms with Crippen LogP contribution in [-0.4, -0.2) is 67.6 Å². The van der Waals surface area contributed by atoms with Crippen LogP contribution in [0.1, 0.15) is 50.5 Å². The maximum absolute atomic E-state index is 12.9. The molecule has 2 saturated heterocycles. The van der Waals surface area contributed by atoms with Crippen LogP contribution >= 0.6 is 0 Å². The number of benzene rings is 2. The van der Waals surface area contributed by atoms with Crippen LogP contribution in [-0.2, 0) is 17.9 Å². The molecule has 2 atom stereocenters. The standard InChI is InChI=1S/C33H39N7O3/c1-22(2)40-32(34-23(3)36-40)28-20-37-16-17-42-30-18-26(11-12-27(30)31(37)35-28)39-15-13-29(39)25-10-7-14-38(19-25)33(41)43-21-24-8-5-4-6-9-24/h4-6,8-9,11-12,18,20,22,25,29H,7,10,13-17,19,21H2,1-3H3/t25?,29-/m1/s1. The Kier molecular flexibility index (Phi) is 7.28. The third kappa shape index (κ3) is 5.34. The lowest BCUT2D eigenvalue weighted by atomic mass is 9.83. The molecule has 3 aliphatic rings. The summed E-state index contributed by atoms with van der Waals surface area (Å²) in [5.74, 6) is 3.70. The Hall–Kier alpha value is -4.34. The van der Waals surface area contributed by atoms with Gasteiger partial charge in [0.15, 0.2) is 5.82 Å². The fourth-order valence-corrected chi connectivity index (χ4v) is 6.64. The first-order valence-corrected chi connectivity index (χ1v) is 15.4. The molecular weight excluding hydrogens is 542 g/mol. The predicted octanol–water partition coefficient (Wildman–Crippen LogP) is 5.72. The molecule has 0 N–H and O–H groups in total. The Morgan fingerprint density at radius 2 is 1.91 bits per heavy atom. The maximum Gasteiger partial charge on any atom is 0.410 e. The van der Waals surface area contributed by atoms with Gasteiger partial charge in [-0.3, -0.25) is 0 Å². The van der Waals surface area contributed by atoms with Crippen LogP contribution in [0, 0.1) is 12.8 Å². The van der Waals surface area contributed by atoms with Gasteiger partial charge in [0, 0.05) is 49.7 Å². The van der Waals surface area contributed by atoms with Crippen molar-refractivity contribution in [1.82, 2.24) is 29.2 Å². The maximum atomic E-state index is 12.9. The number of likely N-dealkylation sites (tertiary alicyclic amines) is 1. The Bertz CT molecular complexity index is 1610. The highest BCUT2D eigenvalue weighted by molar-refractivity contribution is 5.72. The summed E-state index contributed by atoms with van der Waals surface area (Å²) in [5, 5.41) is 4.58. The highest BCUT2D eigenvalue weighted by Crippen LogP contribution is 2.41. The number of aryl methyl sites for hydroxylation is 1. The summed E-state index contributed by atoms with van der Waals surface area (Å²) in [5.41, 5.74) is 3.98. The second-order valence-corrected chi connectivity index (χ2v) is 12.1. The number of hydrogen-bond donors (Lipinski definition) is 0. The number of carbonyl (C=O) groups is 1. The molecule has 1 amide bonds. The van der Waals surface area contributed by atoms with Crippen LogP contribution in [0.2, 0.25) is 0 Å². The van der Waals surface area contributed by atoms with Crippen molar-refractivity contribution in [2.45, 2.75) is 65.3 Å². The predicted molar refractivity (Wildman–Crippen MR) is 164 cm³/mol. The van der Waals surface area contributed by atoms with E-state index in [4.69, 9.17) is 14.5 Å². The van der Waals surface area contributed by atoms with Gasteiger partial charge in [-0.05, 0) is 63.6 Å². The molecule has 2 aromatic heterocycles. The number of aromatic nitrogens is 5. The van der Waals surface area contributed by atoms with E-state index in [-0.39, 0.29) is 12.1 Å². The van der Waals surface area contributed by atoms with Crippen molar-refractivity contribution in [1.29, 1.82) is 0 Å². The number of fused-ring (bicyclic) bond motifs is 3. The molecule has 0 aliphatic carbocycles. The zero-order chi connectivity index (χ0) is 29.5. The molecule has 43 heavy (non-hydrogen) atoms. The average Bonchev–Trinajstić information content (AvgIpc) is 3.55. The number of piperidine rings is 1. The summed E-state index contributed by atoms with van der Waals surface area (Å²) in [7, 11) is 0. The number of imidazole rings is 1. The summed E-state index contributed by atoms with van der Waals surface area (Å²) in [6, 6.07) is 16.9. The van der Waals surface area contributed by atoms with E-state index in [1.54, 1.807) is 0 Å². The van der Waals surface area contributed by atoms with E-state index in [1.807, 2.05) is 46.8 Å². The molecule has 0 spiro atoms. The Morgan fingerprint density at radius 3 is 2.70 bits per heavy atom. The fraction of sp³-hybridized carbons (Fsp3) is 0.455. The zero-order valence-corrected chi connectivity index (χ0v) is 25.1. The molecule has 10 nitrogen and oxygen atoms in total. The fourth-order valence-electron chi connectivity index (χ4n) is 6.64. The van der Waals surface area contributed by atoms with E-state index in [0.717, 1.165) is 84.6 Å². The molecule has 4 aromatic rings. The molecule has 224 valence electrons. The zero-order valence-electron chi connectivity index (χ0n) is 25.1. The lowest BCUT2D eigenvalue weighted by Crippen LogP contribution is -2.56.